The Morgan fingerprint density at radius 1 is 1.05 bits per heavy atom. The summed E-state index contributed by atoms with van der Waals surface area (Å²) in [6, 6.07) is 13.1. The van der Waals surface area contributed by atoms with Crippen LogP contribution in [-0.4, -0.2) is 0 Å². The number of hydrogen-bond acceptors (Lipinski definition) is 3. The van der Waals surface area contributed by atoms with E-state index in [2.05, 4.69) is 54.0 Å². The normalized spacial score (nSPS) is 12.8. The van der Waals surface area contributed by atoms with Crippen molar-refractivity contribution in [1.29, 1.82) is 0 Å². The number of anilines is 1. The third-order valence-electron chi connectivity index (χ3n) is 3.55. The predicted molar refractivity (Wildman–Crippen MR) is 85.4 cm³/mol. The van der Waals surface area contributed by atoms with E-state index >= 15 is 0 Å². The van der Waals surface area contributed by atoms with Gasteiger partial charge in [0.05, 0.1) is 5.69 Å². The summed E-state index contributed by atoms with van der Waals surface area (Å²) in [5.41, 5.74) is 4.60. The van der Waals surface area contributed by atoms with E-state index in [0.29, 0.717) is 0 Å². The summed E-state index contributed by atoms with van der Waals surface area (Å²) < 4.78 is 6.89. The van der Waals surface area contributed by atoms with Gasteiger partial charge in [-0.1, -0.05) is 6.07 Å². The van der Waals surface area contributed by atoms with Gasteiger partial charge in [0.15, 0.2) is 5.75 Å². The monoisotopic (exact) mass is 279 g/mol. The fraction of sp³-hybridized carbons (Fsp3) is 0.0588. The van der Waals surface area contributed by atoms with Gasteiger partial charge in [-0.15, -0.1) is 11.3 Å². The zero-order valence-electron chi connectivity index (χ0n) is 11.0. The van der Waals surface area contributed by atoms with E-state index in [1.165, 1.54) is 21.2 Å². The van der Waals surface area contributed by atoms with Gasteiger partial charge in [-0.3, -0.25) is 0 Å². The summed E-state index contributed by atoms with van der Waals surface area (Å²) >= 11 is 1.78. The Balaban J connectivity index is 1.87. The maximum Gasteiger partial charge on any atom is 0.152 e. The number of hydrogen-bond donors (Lipinski definition) is 1. The molecule has 3 aromatic rings. The molecule has 1 aromatic heterocycles. The largest absolute Gasteiger partial charge is 0.461 e. The van der Waals surface area contributed by atoms with Crippen molar-refractivity contribution >= 4 is 27.1 Å². The van der Waals surface area contributed by atoms with E-state index in [1.54, 1.807) is 17.6 Å². The lowest BCUT2D eigenvalue weighted by Crippen LogP contribution is -2.01. The van der Waals surface area contributed by atoms with Gasteiger partial charge < -0.3 is 10.1 Å². The lowest BCUT2D eigenvalue weighted by atomic mass is 10.0. The van der Waals surface area contributed by atoms with Crippen LogP contribution in [0.25, 0.3) is 21.2 Å². The standard InChI is InChI=1S/C17H13NOS/c1-11-8-14(10-15-17(11)19-6-5-18-15)12-2-3-16-13(9-12)4-7-20-16/h2-10,18H,1H3. The lowest BCUT2D eigenvalue weighted by Gasteiger charge is -2.17. The minimum atomic E-state index is 0.910. The summed E-state index contributed by atoms with van der Waals surface area (Å²) in [5.74, 6) is 0.910. The van der Waals surface area contributed by atoms with Crippen LogP contribution in [0, 0.1) is 6.92 Å². The quantitative estimate of drug-likeness (QED) is 0.665. The van der Waals surface area contributed by atoms with Crippen molar-refractivity contribution in [2.75, 3.05) is 5.32 Å². The molecule has 2 aromatic carbocycles. The van der Waals surface area contributed by atoms with E-state index in [1.807, 2.05) is 6.20 Å². The molecule has 1 aliphatic heterocycles. The van der Waals surface area contributed by atoms with Crippen molar-refractivity contribution in [3.8, 4) is 16.9 Å². The zero-order chi connectivity index (χ0) is 13.5. The number of thiophene rings is 1. The number of benzene rings is 2. The average Bonchev–Trinajstić information content (AvgIpc) is 2.94. The van der Waals surface area contributed by atoms with Crippen LogP contribution in [0.5, 0.6) is 5.75 Å². The summed E-state index contributed by atoms with van der Waals surface area (Å²) in [7, 11) is 0. The van der Waals surface area contributed by atoms with Crippen molar-refractivity contribution < 1.29 is 4.74 Å². The Bertz CT molecular complexity index is 832. The Labute approximate surface area is 121 Å². The fourth-order valence-corrected chi connectivity index (χ4v) is 3.35. The third-order valence-corrected chi connectivity index (χ3v) is 4.45. The number of fused-ring (bicyclic) bond motifs is 2. The van der Waals surface area contributed by atoms with Crippen LogP contribution in [0.15, 0.2) is 54.2 Å². The molecule has 4 rings (SSSR count). The first-order valence-electron chi connectivity index (χ1n) is 6.52. The molecule has 3 heteroatoms. The van der Waals surface area contributed by atoms with E-state index in [0.717, 1.165) is 17.0 Å². The number of rotatable bonds is 1. The van der Waals surface area contributed by atoms with Crippen molar-refractivity contribution in [1.82, 2.24) is 0 Å². The van der Waals surface area contributed by atoms with Crippen molar-refractivity contribution in [3.63, 3.8) is 0 Å². The molecule has 0 aliphatic carbocycles. The van der Waals surface area contributed by atoms with Gasteiger partial charge in [-0.25, -0.2) is 0 Å². The second kappa shape index (κ2) is 4.39. The minimum Gasteiger partial charge on any atom is -0.461 e. The average molecular weight is 279 g/mol. The third kappa shape index (κ3) is 1.79. The molecule has 0 fully saturated rings. The molecule has 0 unspecified atom stereocenters. The van der Waals surface area contributed by atoms with Gasteiger partial charge in [0, 0.05) is 10.9 Å². The maximum absolute atomic E-state index is 5.56. The van der Waals surface area contributed by atoms with Crippen molar-refractivity contribution in [2.45, 2.75) is 6.92 Å². The number of aryl methyl sites for hydroxylation is 1. The predicted octanol–water partition coefficient (Wildman–Crippen LogP) is 5.15. The second-order valence-electron chi connectivity index (χ2n) is 4.91. The molecular weight excluding hydrogens is 266 g/mol. The second-order valence-corrected chi connectivity index (χ2v) is 5.86. The van der Waals surface area contributed by atoms with Crippen LogP contribution in [0.2, 0.25) is 0 Å². The van der Waals surface area contributed by atoms with Gasteiger partial charge in [0.1, 0.15) is 6.26 Å². The highest BCUT2D eigenvalue weighted by atomic mass is 32.1. The Morgan fingerprint density at radius 2 is 2.00 bits per heavy atom. The van der Waals surface area contributed by atoms with Gasteiger partial charge in [-0.05, 0) is 64.7 Å². The van der Waals surface area contributed by atoms with E-state index < -0.39 is 0 Å². The zero-order valence-corrected chi connectivity index (χ0v) is 11.8. The van der Waals surface area contributed by atoms with Gasteiger partial charge >= 0.3 is 0 Å². The molecule has 1 aliphatic rings. The number of ether oxygens (including phenoxy) is 1. The first kappa shape index (κ1) is 11.6. The Kier molecular flexibility index (Phi) is 2.54. The Morgan fingerprint density at radius 3 is 2.95 bits per heavy atom. The lowest BCUT2D eigenvalue weighted by molar-refractivity contribution is 0.473. The van der Waals surface area contributed by atoms with Gasteiger partial charge in [-0.2, -0.15) is 0 Å². The molecule has 0 saturated carbocycles. The van der Waals surface area contributed by atoms with Crippen molar-refractivity contribution in [3.05, 3.63) is 59.8 Å². The van der Waals surface area contributed by atoms with Gasteiger partial charge in [0.2, 0.25) is 0 Å². The van der Waals surface area contributed by atoms with Crippen LogP contribution >= 0.6 is 11.3 Å². The number of nitrogens with one attached hydrogen (secondary N) is 1. The molecule has 2 nitrogen and oxygen atoms in total. The van der Waals surface area contributed by atoms with Crippen LogP contribution in [0.4, 0.5) is 5.69 Å². The highest BCUT2D eigenvalue weighted by Crippen LogP contribution is 2.37. The summed E-state index contributed by atoms with van der Waals surface area (Å²) in [5, 5.41) is 6.67. The van der Waals surface area contributed by atoms with E-state index in [4.69, 9.17) is 4.74 Å². The van der Waals surface area contributed by atoms with Crippen LogP contribution in [0.3, 0.4) is 0 Å². The molecule has 0 bridgehead atoms. The SMILES string of the molecule is Cc1cc(-c2ccc3sccc3c2)cc2c1OC=CN2. The van der Waals surface area contributed by atoms with Crippen molar-refractivity contribution in [2.24, 2.45) is 0 Å². The maximum atomic E-state index is 5.56. The molecule has 20 heavy (non-hydrogen) atoms. The Hall–Kier alpha value is -2.26. The molecule has 1 N–H and O–H groups in total. The summed E-state index contributed by atoms with van der Waals surface area (Å²) in [6.07, 6.45) is 3.49. The summed E-state index contributed by atoms with van der Waals surface area (Å²) in [4.78, 5) is 0. The highest BCUT2D eigenvalue weighted by Gasteiger charge is 2.12. The molecule has 98 valence electrons. The molecular formula is C17H13NOS. The van der Waals surface area contributed by atoms with E-state index in [-0.39, 0.29) is 0 Å². The van der Waals surface area contributed by atoms with Crippen LogP contribution < -0.4 is 10.1 Å². The van der Waals surface area contributed by atoms with Crippen LogP contribution in [-0.2, 0) is 0 Å². The molecule has 0 amide bonds. The molecule has 0 atom stereocenters. The molecule has 0 saturated heterocycles. The first-order chi connectivity index (χ1) is 9.81. The highest BCUT2D eigenvalue weighted by molar-refractivity contribution is 7.17. The molecule has 0 spiro atoms. The fourth-order valence-electron chi connectivity index (χ4n) is 2.58. The minimum absolute atomic E-state index is 0.910. The summed E-state index contributed by atoms with van der Waals surface area (Å²) in [6.45, 7) is 2.08. The van der Waals surface area contributed by atoms with Gasteiger partial charge in [0.25, 0.3) is 0 Å². The van der Waals surface area contributed by atoms with Crippen LogP contribution in [0.1, 0.15) is 5.56 Å². The smallest absolute Gasteiger partial charge is 0.152 e. The topological polar surface area (TPSA) is 21.3 Å². The molecule has 0 radical (unpaired) electrons. The first-order valence-corrected chi connectivity index (χ1v) is 7.40. The molecule has 2 heterocycles. The van der Waals surface area contributed by atoms with E-state index in [9.17, 15) is 0 Å².